The van der Waals surface area contributed by atoms with Crippen LogP contribution in [0.4, 0.5) is 4.39 Å². The second-order valence-electron chi connectivity index (χ2n) is 5.66. The molecule has 2 unspecified atom stereocenters. The summed E-state index contributed by atoms with van der Waals surface area (Å²) < 4.78 is 13.2. The quantitative estimate of drug-likeness (QED) is 0.769. The highest BCUT2D eigenvalue weighted by molar-refractivity contribution is 5.32. The number of hydrogen-bond donors (Lipinski definition) is 1. The predicted octanol–water partition coefficient (Wildman–Crippen LogP) is 3.56. The van der Waals surface area contributed by atoms with E-state index in [9.17, 15) is 4.39 Å². The van der Waals surface area contributed by atoms with E-state index in [-0.39, 0.29) is 5.82 Å². The first-order valence-corrected chi connectivity index (χ1v) is 6.53. The maximum Gasteiger partial charge on any atom is 0.123 e. The molecule has 17 heavy (non-hydrogen) atoms. The minimum absolute atomic E-state index is 0.120. The molecule has 2 rings (SSSR count). The van der Waals surface area contributed by atoms with Crippen molar-refractivity contribution in [2.75, 3.05) is 13.1 Å². The van der Waals surface area contributed by atoms with Crippen LogP contribution >= 0.6 is 0 Å². The summed E-state index contributed by atoms with van der Waals surface area (Å²) in [5, 5.41) is 3.47. The van der Waals surface area contributed by atoms with E-state index in [1.54, 1.807) is 6.07 Å². The number of halogens is 1. The van der Waals surface area contributed by atoms with Crippen molar-refractivity contribution in [2.24, 2.45) is 11.3 Å². The monoisotopic (exact) mass is 235 g/mol. The molecule has 0 bridgehead atoms. The first-order valence-electron chi connectivity index (χ1n) is 6.53. The topological polar surface area (TPSA) is 12.0 Å². The standard InChI is InChI=1S/C15H22FN/c1-4-8-17-10-13-14(15(13,2)3)11-6-5-7-12(16)9-11/h5-7,9,13-14,17H,4,8,10H2,1-3H3. The molecule has 0 aliphatic heterocycles. The van der Waals surface area contributed by atoms with E-state index in [1.165, 1.54) is 6.07 Å². The lowest BCUT2D eigenvalue weighted by Gasteiger charge is -2.03. The number of rotatable bonds is 5. The summed E-state index contributed by atoms with van der Waals surface area (Å²) in [6.45, 7) is 8.85. The molecule has 1 nitrogen and oxygen atoms in total. The Bertz CT molecular complexity index is 386. The minimum Gasteiger partial charge on any atom is -0.316 e. The Morgan fingerprint density at radius 2 is 2.12 bits per heavy atom. The van der Waals surface area contributed by atoms with E-state index in [4.69, 9.17) is 0 Å². The Labute approximate surface area is 103 Å². The van der Waals surface area contributed by atoms with Gasteiger partial charge in [-0.1, -0.05) is 32.9 Å². The number of hydrogen-bond acceptors (Lipinski definition) is 1. The van der Waals surface area contributed by atoms with E-state index in [1.807, 2.05) is 6.07 Å². The highest BCUT2D eigenvalue weighted by Gasteiger charge is 2.57. The largest absolute Gasteiger partial charge is 0.316 e. The SMILES string of the molecule is CCCNCC1C(c2cccc(F)c2)C1(C)C. The Hall–Kier alpha value is -0.890. The van der Waals surface area contributed by atoms with Crippen LogP contribution in [0.15, 0.2) is 24.3 Å². The van der Waals surface area contributed by atoms with Crippen LogP contribution in [0.3, 0.4) is 0 Å². The van der Waals surface area contributed by atoms with Crippen LogP contribution in [0, 0.1) is 17.2 Å². The predicted molar refractivity (Wildman–Crippen MR) is 69.6 cm³/mol. The van der Waals surface area contributed by atoms with Crippen molar-refractivity contribution in [1.29, 1.82) is 0 Å². The van der Waals surface area contributed by atoms with Crippen molar-refractivity contribution in [2.45, 2.75) is 33.1 Å². The average molecular weight is 235 g/mol. The number of nitrogens with one attached hydrogen (secondary N) is 1. The lowest BCUT2D eigenvalue weighted by atomic mass is 10.0. The van der Waals surface area contributed by atoms with Gasteiger partial charge in [-0.05, 0) is 54.5 Å². The van der Waals surface area contributed by atoms with Crippen LogP contribution in [0.25, 0.3) is 0 Å². The molecule has 0 heterocycles. The van der Waals surface area contributed by atoms with Crippen molar-refractivity contribution in [3.63, 3.8) is 0 Å². The summed E-state index contributed by atoms with van der Waals surface area (Å²) in [6, 6.07) is 7.07. The molecule has 1 saturated carbocycles. The molecule has 1 fully saturated rings. The fourth-order valence-corrected chi connectivity index (χ4v) is 2.92. The van der Waals surface area contributed by atoms with E-state index in [0.717, 1.165) is 25.1 Å². The van der Waals surface area contributed by atoms with Gasteiger partial charge in [-0.25, -0.2) is 4.39 Å². The summed E-state index contributed by atoms with van der Waals surface area (Å²) in [6.07, 6.45) is 1.16. The van der Waals surface area contributed by atoms with Gasteiger partial charge in [0.15, 0.2) is 0 Å². The molecule has 0 saturated heterocycles. The molecule has 0 radical (unpaired) electrons. The zero-order chi connectivity index (χ0) is 12.5. The molecule has 1 aromatic rings. The van der Waals surface area contributed by atoms with Crippen molar-refractivity contribution in [1.82, 2.24) is 5.32 Å². The normalized spacial score (nSPS) is 25.9. The van der Waals surface area contributed by atoms with Gasteiger partial charge in [0.05, 0.1) is 0 Å². The highest BCUT2D eigenvalue weighted by Crippen LogP contribution is 2.63. The molecule has 0 spiro atoms. The lowest BCUT2D eigenvalue weighted by molar-refractivity contribution is 0.518. The zero-order valence-corrected chi connectivity index (χ0v) is 11.0. The lowest BCUT2D eigenvalue weighted by Crippen LogP contribution is -2.19. The van der Waals surface area contributed by atoms with Crippen LogP contribution in [-0.4, -0.2) is 13.1 Å². The minimum atomic E-state index is -0.120. The maximum absolute atomic E-state index is 13.2. The summed E-state index contributed by atoms with van der Waals surface area (Å²) in [7, 11) is 0. The van der Waals surface area contributed by atoms with Gasteiger partial charge in [-0.2, -0.15) is 0 Å². The van der Waals surface area contributed by atoms with Crippen molar-refractivity contribution >= 4 is 0 Å². The van der Waals surface area contributed by atoms with E-state index in [2.05, 4.69) is 32.2 Å². The summed E-state index contributed by atoms with van der Waals surface area (Å²) in [4.78, 5) is 0. The third-order valence-corrected chi connectivity index (χ3v) is 4.05. The Balaban J connectivity index is 2.02. The van der Waals surface area contributed by atoms with Crippen LogP contribution in [-0.2, 0) is 0 Å². The zero-order valence-electron chi connectivity index (χ0n) is 11.0. The Morgan fingerprint density at radius 1 is 1.35 bits per heavy atom. The van der Waals surface area contributed by atoms with Gasteiger partial charge in [0.25, 0.3) is 0 Å². The molecule has 94 valence electrons. The van der Waals surface area contributed by atoms with Crippen molar-refractivity contribution in [3.8, 4) is 0 Å². The van der Waals surface area contributed by atoms with Crippen LogP contribution in [0.5, 0.6) is 0 Å². The van der Waals surface area contributed by atoms with E-state index in [0.29, 0.717) is 17.3 Å². The second-order valence-corrected chi connectivity index (χ2v) is 5.66. The van der Waals surface area contributed by atoms with Gasteiger partial charge in [0, 0.05) is 0 Å². The smallest absolute Gasteiger partial charge is 0.123 e. The van der Waals surface area contributed by atoms with Crippen LogP contribution < -0.4 is 5.32 Å². The first-order chi connectivity index (χ1) is 8.07. The molecule has 0 amide bonds. The van der Waals surface area contributed by atoms with Crippen molar-refractivity contribution < 1.29 is 4.39 Å². The molecule has 1 aliphatic carbocycles. The molecule has 1 aliphatic rings. The van der Waals surface area contributed by atoms with Gasteiger partial charge in [-0.15, -0.1) is 0 Å². The van der Waals surface area contributed by atoms with E-state index >= 15 is 0 Å². The number of benzene rings is 1. The van der Waals surface area contributed by atoms with Gasteiger partial charge < -0.3 is 5.32 Å². The second kappa shape index (κ2) is 4.77. The fraction of sp³-hybridized carbons (Fsp3) is 0.600. The van der Waals surface area contributed by atoms with Crippen molar-refractivity contribution in [3.05, 3.63) is 35.6 Å². The Kier molecular flexibility index (Phi) is 3.53. The van der Waals surface area contributed by atoms with E-state index < -0.39 is 0 Å². The van der Waals surface area contributed by atoms with Gasteiger partial charge in [0.2, 0.25) is 0 Å². The summed E-state index contributed by atoms with van der Waals surface area (Å²) in [5.41, 5.74) is 1.45. The van der Waals surface area contributed by atoms with Crippen LogP contribution in [0.1, 0.15) is 38.7 Å². The molecule has 2 atom stereocenters. The third-order valence-electron chi connectivity index (χ3n) is 4.05. The molecule has 1 N–H and O–H groups in total. The Morgan fingerprint density at radius 3 is 2.76 bits per heavy atom. The van der Waals surface area contributed by atoms with Gasteiger partial charge >= 0.3 is 0 Å². The van der Waals surface area contributed by atoms with Gasteiger partial charge in [0.1, 0.15) is 5.82 Å². The molecule has 1 aromatic carbocycles. The van der Waals surface area contributed by atoms with Gasteiger partial charge in [-0.3, -0.25) is 0 Å². The average Bonchev–Trinajstić information content (AvgIpc) is 2.81. The molecular weight excluding hydrogens is 213 g/mol. The third kappa shape index (κ3) is 2.52. The molecule has 2 heteroatoms. The first kappa shape index (κ1) is 12.6. The maximum atomic E-state index is 13.2. The van der Waals surface area contributed by atoms with Crippen LogP contribution in [0.2, 0.25) is 0 Å². The summed E-state index contributed by atoms with van der Waals surface area (Å²) in [5.74, 6) is 1.02. The fourth-order valence-electron chi connectivity index (χ4n) is 2.92. The molecular formula is C15H22FN. The molecule has 0 aromatic heterocycles. The summed E-state index contributed by atoms with van der Waals surface area (Å²) >= 11 is 0. The highest BCUT2D eigenvalue weighted by atomic mass is 19.1.